The number of amides is 1. The van der Waals surface area contributed by atoms with Crippen LogP contribution in [0.2, 0.25) is 5.02 Å². The van der Waals surface area contributed by atoms with Crippen molar-refractivity contribution in [2.45, 2.75) is 25.8 Å². The van der Waals surface area contributed by atoms with Crippen molar-refractivity contribution in [1.82, 2.24) is 5.32 Å². The molecule has 0 aliphatic rings. The molecule has 152 valence electrons. The van der Waals surface area contributed by atoms with Gasteiger partial charge in [0.15, 0.2) is 0 Å². The molecular weight excluding hydrogens is 400 g/mol. The molecule has 0 fully saturated rings. The summed E-state index contributed by atoms with van der Waals surface area (Å²) in [4.78, 5) is 12.2. The predicted molar refractivity (Wildman–Crippen MR) is 112 cm³/mol. The molecule has 1 N–H and O–H groups in total. The molecule has 2 aromatic carbocycles. The van der Waals surface area contributed by atoms with Gasteiger partial charge in [-0.25, -0.2) is 8.42 Å². The first kappa shape index (κ1) is 22.0. The average molecular weight is 425 g/mol. The number of carbonyl (C=O) groups is 1. The van der Waals surface area contributed by atoms with E-state index >= 15 is 0 Å². The topological polar surface area (TPSA) is 75.7 Å². The minimum Gasteiger partial charge on any atom is -0.495 e. The minimum absolute atomic E-state index is 0.111. The van der Waals surface area contributed by atoms with Crippen molar-refractivity contribution in [3.8, 4) is 5.75 Å². The first-order valence-electron chi connectivity index (χ1n) is 8.88. The van der Waals surface area contributed by atoms with E-state index < -0.39 is 10.0 Å². The summed E-state index contributed by atoms with van der Waals surface area (Å²) in [5, 5.41) is 3.25. The van der Waals surface area contributed by atoms with Gasteiger partial charge in [0.1, 0.15) is 5.75 Å². The van der Waals surface area contributed by atoms with Gasteiger partial charge in [-0.05, 0) is 37.1 Å². The third kappa shape index (κ3) is 6.14. The average Bonchev–Trinajstić information content (AvgIpc) is 2.65. The highest BCUT2D eigenvalue weighted by Crippen LogP contribution is 2.30. The van der Waals surface area contributed by atoms with Crippen molar-refractivity contribution in [2.75, 3.05) is 24.2 Å². The highest BCUT2D eigenvalue weighted by atomic mass is 35.5. The number of carbonyl (C=O) groups excluding carboxylic acids is 1. The van der Waals surface area contributed by atoms with Crippen molar-refractivity contribution in [3.05, 3.63) is 59.1 Å². The Labute approximate surface area is 171 Å². The first-order chi connectivity index (χ1) is 13.2. The molecule has 28 heavy (non-hydrogen) atoms. The minimum atomic E-state index is -3.52. The Morgan fingerprint density at radius 3 is 2.46 bits per heavy atom. The van der Waals surface area contributed by atoms with E-state index in [1.807, 2.05) is 37.3 Å². The fraction of sp³-hybridized carbons (Fsp3) is 0.350. The molecule has 2 rings (SSSR count). The molecule has 0 saturated heterocycles. The summed E-state index contributed by atoms with van der Waals surface area (Å²) in [6, 6.07) is 14.3. The lowest BCUT2D eigenvalue weighted by molar-refractivity contribution is -0.121. The predicted octanol–water partition coefficient (Wildman–Crippen LogP) is 3.77. The number of halogens is 1. The van der Waals surface area contributed by atoms with Gasteiger partial charge in [-0.2, -0.15) is 0 Å². The fourth-order valence-electron chi connectivity index (χ4n) is 2.82. The summed E-state index contributed by atoms with van der Waals surface area (Å²) in [6.07, 6.45) is 1.72. The summed E-state index contributed by atoms with van der Waals surface area (Å²) in [6.45, 7) is 2.09. The van der Waals surface area contributed by atoms with E-state index in [0.29, 0.717) is 22.9 Å². The smallest absolute Gasteiger partial charge is 0.232 e. The first-order valence-corrected chi connectivity index (χ1v) is 11.1. The Morgan fingerprint density at radius 2 is 1.89 bits per heavy atom. The summed E-state index contributed by atoms with van der Waals surface area (Å²) < 4.78 is 30.7. The van der Waals surface area contributed by atoms with Crippen LogP contribution in [0.3, 0.4) is 0 Å². The summed E-state index contributed by atoms with van der Waals surface area (Å²) in [5.74, 6) is 0.339. The molecule has 1 atom stereocenters. The molecule has 0 saturated carbocycles. The van der Waals surface area contributed by atoms with Gasteiger partial charge in [0.05, 0.1) is 30.1 Å². The Bertz CT molecular complexity index is 904. The van der Waals surface area contributed by atoms with Crippen LogP contribution in [0.1, 0.15) is 31.4 Å². The Morgan fingerprint density at radius 1 is 1.21 bits per heavy atom. The molecule has 1 amide bonds. The zero-order valence-corrected chi connectivity index (χ0v) is 17.8. The number of nitrogens with zero attached hydrogens (tertiary/aromatic N) is 1. The van der Waals surface area contributed by atoms with Gasteiger partial charge in [-0.1, -0.05) is 41.9 Å². The molecule has 0 aromatic heterocycles. The van der Waals surface area contributed by atoms with Gasteiger partial charge in [0.25, 0.3) is 0 Å². The molecule has 0 spiro atoms. The molecule has 0 aliphatic carbocycles. The number of benzene rings is 2. The molecule has 0 heterocycles. The van der Waals surface area contributed by atoms with Gasteiger partial charge < -0.3 is 10.1 Å². The van der Waals surface area contributed by atoms with Crippen LogP contribution in [0, 0.1) is 0 Å². The number of sulfonamides is 1. The Balaban J connectivity index is 1.97. The van der Waals surface area contributed by atoms with Gasteiger partial charge in [-0.3, -0.25) is 9.10 Å². The monoisotopic (exact) mass is 424 g/mol. The molecule has 0 bridgehead atoms. The lowest BCUT2D eigenvalue weighted by atomic mass is 10.1. The van der Waals surface area contributed by atoms with E-state index in [1.165, 1.54) is 11.4 Å². The van der Waals surface area contributed by atoms with Crippen molar-refractivity contribution >= 4 is 33.2 Å². The summed E-state index contributed by atoms with van der Waals surface area (Å²) in [7, 11) is -2.03. The van der Waals surface area contributed by atoms with Crippen LogP contribution >= 0.6 is 11.6 Å². The SMILES string of the molecule is COc1ccc(N(CCCC(=O)N[C@H](C)c2ccccc2)S(C)(=O)=O)cc1Cl. The zero-order valence-electron chi connectivity index (χ0n) is 16.2. The van der Waals surface area contributed by atoms with Crippen LogP contribution in [-0.2, 0) is 14.8 Å². The van der Waals surface area contributed by atoms with Crippen molar-refractivity contribution < 1.29 is 17.9 Å². The second kappa shape index (κ2) is 9.80. The van der Waals surface area contributed by atoms with Gasteiger partial charge in [0.2, 0.25) is 15.9 Å². The number of hydrogen-bond donors (Lipinski definition) is 1. The van der Waals surface area contributed by atoms with E-state index in [4.69, 9.17) is 16.3 Å². The third-order valence-corrected chi connectivity index (χ3v) is 5.76. The van der Waals surface area contributed by atoms with Crippen molar-refractivity contribution in [1.29, 1.82) is 0 Å². The largest absolute Gasteiger partial charge is 0.495 e. The van der Waals surface area contributed by atoms with Crippen LogP contribution in [0.15, 0.2) is 48.5 Å². The lowest BCUT2D eigenvalue weighted by Gasteiger charge is -2.23. The molecule has 8 heteroatoms. The number of methoxy groups -OCH3 is 1. The van der Waals surface area contributed by atoms with E-state index in [1.54, 1.807) is 18.2 Å². The number of anilines is 1. The summed E-state index contributed by atoms with van der Waals surface area (Å²) in [5.41, 5.74) is 1.45. The van der Waals surface area contributed by atoms with Crippen LogP contribution in [0.5, 0.6) is 5.75 Å². The van der Waals surface area contributed by atoms with E-state index in [2.05, 4.69) is 5.32 Å². The number of nitrogens with one attached hydrogen (secondary N) is 1. The maximum atomic E-state index is 12.2. The molecule has 0 aliphatic heterocycles. The van der Waals surface area contributed by atoms with Crippen LogP contribution in [0.4, 0.5) is 5.69 Å². The maximum Gasteiger partial charge on any atom is 0.232 e. The zero-order chi connectivity index (χ0) is 20.7. The number of rotatable bonds is 9. The van der Waals surface area contributed by atoms with E-state index in [0.717, 1.165) is 11.8 Å². The van der Waals surface area contributed by atoms with Gasteiger partial charge >= 0.3 is 0 Å². The van der Waals surface area contributed by atoms with Crippen LogP contribution in [0.25, 0.3) is 0 Å². The highest BCUT2D eigenvalue weighted by Gasteiger charge is 2.19. The maximum absolute atomic E-state index is 12.2. The quantitative estimate of drug-likeness (QED) is 0.664. The van der Waals surface area contributed by atoms with Crippen LogP contribution < -0.4 is 14.4 Å². The van der Waals surface area contributed by atoms with Crippen molar-refractivity contribution in [3.63, 3.8) is 0 Å². The second-order valence-corrected chi connectivity index (χ2v) is 8.77. The van der Waals surface area contributed by atoms with E-state index in [9.17, 15) is 13.2 Å². The molecular formula is C20H25ClN2O4S. The van der Waals surface area contributed by atoms with Crippen molar-refractivity contribution in [2.24, 2.45) is 0 Å². The molecule has 6 nitrogen and oxygen atoms in total. The molecule has 0 unspecified atom stereocenters. The normalized spacial score (nSPS) is 12.3. The Hall–Kier alpha value is -2.25. The standard InChI is InChI=1S/C20H25ClN2O4S/c1-15(16-8-5-4-6-9-16)22-20(24)10-7-13-23(28(3,25)26)17-11-12-19(27-2)18(21)14-17/h4-6,8-9,11-12,14-15H,7,10,13H2,1-3H3,(H,22,24)/t15-/m1/s1. The second-order valence-electron chi connectivity index (χ2n) is 6.46. The number of hydrogen-bond acceptors (Lipinski definition) is 4. The van der Waals surface area contributed by atoms with E-state index in [-0.39, 0.29) is 24.9 Å². The summed E-state index contributed by atoms with van der Waals surface area (Å²) >= 11 is 6.11. The van der Waals surface area contributed by atoms with Crippen LogP contribution in [-0.4, -0.2) is 34.2 Å². The fourth-order valence-corrected chi connectivity index (χ4v) is 4.03. The van der Waals surface area contributed by atoms with Gasteiger partial charge in [-0.15, -0.1) is 0 Å². The third-order valence-electron chi connectivity index (χ3n) is 4.27. The molecule has 2 aromatic rings. The van der Waals surface area contributed by atoms with Gasteiger partial charge in [0, 0.05) is 13.0 Å². The lowest BCUT2D eigenvalue weighted by Crippen LogP contribution is -2.32. The highest BCUT2D eigenvalue weighted by molar-refractivity contribution is 7.92. The molecule has 0 radical (unpaired) electrons. The number of ether oxygens (including phenoxy) is 1. The Kier molecular flexibility index (Phi) is 7.71.